The third-order valence-corrected chi connectivity index (χ3v) is 6.66. The van der Waals surface area contributed by atoms with Crippen LogP contribution in [0.25, 0.3) is 10.8 Å². The number of likely N-dealkylation sites (tertiary alicyclic amines) is 1. The summed E-state index contributed by atoms with van der Waals surface area (Å²) in [6, 6.07) is 13.6. The molecule has 1 saturated heterocycles. The molecule has 1 fully saturated rings. The van der Waals surface area contributed by atoms with E-state index in [0.717, 1.165) is 48.0 Å². The minimum Gasteiger partial charge on any atom is -0.337 e. The molecule has 0 aliphatic carbocycles. The van der Waals surface area contributed by atoms with Crippen LogP contribution in [0, 0.1) is 6.92 Å². The highest BCUT2D eigenvalue weighted by Gasteiger charge is 2.30. The number of piperidine rings is 1. The van der Waals surface area contributed by atoms with Gasteiger partial charge >= 0.3 is 0 Å². The quantitative estimate of drug-likeness (QED) is 0.568. The highest BCUT2D eigenvalue weighted by Crippen LogP contribution is 2.31. The van der Waals surface area contributed by atoms with Crippen molar-refractivity contribution in [1.29, 1.82) is 0 Å². The van der Waals surface area contributed by atoms with E-state index in [1.807, 2.05) is 65.3 Å². The Bertz CT molecular complexity index is 1230. The Kier molecular flexibility index (Phi) is 5.90. The Balaban J connectivity index is 1.31. The Labute approximate surface area is 193 Å². The molecule has 3 aromatic rings. The van der Waals surface area contributed by atoms with Crippen molar-refractivity contribution in [1.82, 2.24) is 19.8 Å². The highest BCUT2D eigenvalue weighted by atomic mass is 16.2. The summed E-state index contributed by atoms with van der Waals surface area (Å²) in [5.74, 6) is 0.186. The summed E-state index contributed by atoms with van der Waals surface area (Å²) in [5, 5.41) is 2.05. The second-order valence-corrected chi connectivity index (χ2v) is 8.88. The molecule has 0 bridgehead atoms. The average molecular weight is 441 g/mol. The number of benzene rings is 1. The summed E-state index contributed by atoms with van der Waals surface area (Å²) >= 11 is 0. The number of hydrogen-bond acceptors (Lipinski definition) is 4. The number of fused-ring (bicyclic) bond motifs is 1. The van der Waals surface area contributed by atoms with Gasteiger partial charge in [-0.1, -0.05) is 36.4 Å². The van der Waals surface area contributed by atoms with Crippen molar-refractivity contribution in [3.8, 4) is 0 Å². The molecular formula is C27H28N4O2. The number of hydrogen-bond donors (Lipinski definition) is 0. The molecule has 0 spiro atoms. The van der Waals surface area contributed by atoms with Gasteiger partial charge in [0.25, 0.3) is 11.8 Å². The molecule has 1 aromatic carbocycles. The van der Waals surface area contributed by atoms with Crippen LogP contribution in [0.1, 0.15) is 57.4 Å². The van der Waals surface area contributed by atoms with Crippen LogP contribution in [-0.4, -0.2) is 57.8 Å². The van der Waals surface area contributed by atoms with Gasteiger partial charge in [-0.25, -0.2) is 0 Å². The minimum atomic E-state index is -0.0344. The molecule has 0 N–H and O–H groups in total. The first kappa shape index (κ1) is 21.3. The van der Waals surface area contributed by atoms with E-state index in [0.29, 0.717) is 30.9 Å². The zero-order valence-corrected chi connectivity index (χ0v) is 18.9. The van der Waals surface area contributed by atoms with Crippen LogP contribution in [-0.2, 0) is 0 Å². The van der Waals surface area contributed by atoms with Crippen molar-refractivity contribution in [3.05, 3.63) is 83.5 Å². The molecule has 0 saturated carbocycles. The van der Waals surface area contributed by atoms with E-state index in [2.05, 4.69) is 11.1 Å². The van der Waals surface area contributed by atoms with Crippen LogP contribution in [0.3, 0.4) is 0 Å². The third-order valence-electron chi connectivity index (χ3n) is 6.66. The number of amides is 2. The van der Waals surface area contributed by atoms with Gasteiger partial charge in [-0.15, -0.1) is 0 Å². The number of pyridine rings is 2. The van der Waals surface area contributed by atoms with E-state index < -0.39 is 0 Å². The molecule has 0 atom stereocenters. The van der Waals surface area contributed by atoms with Gasteiger partial charge in [0, 0.05) is 49.4 Å². The zero-order valence-electron chi connectivity index (χ0n) is 18.9. The number of aromatic nitrogens is 2. The molecule has 2 aliphatic heterocycles. The Morgan fingerprint density at radius 2 is 1.70 bits per heavy atom. The Morgan fingerprint density at radius 3 is 2.45 bits per heavy atom. The molecule has 6 heteroatoms. The van der Waals surface area contributed by atoms with Crippen LogP contribution in [0.15, 0.2) is 60.8 Å². The monoisotopic (exact) mass is 440 g/mol. The lowest BCUT2D eigenvalue weighted by atomic mass is 9.89. The van der Waals surface area contributed by atoms with Crippen molar-refractivity contribution in [3.63, 3.8) is 0 Å². The predicted octanol–water partition coefficient (Wildman–Crippen LogP) is 4.36. The second-order valence-electron chi connectivity index (χ2n) is 8.88. The number of aryl methyl sites for hydroxylation is 1. The molecule has 2 amide bonds. The van der Waals surface area contributed by atoms with Gasteiger partial charge in [0.1, 0.15) is 5.69 Å². The van der Waals surface area contributed by atoms with E-state index >= 15 is 0 Å². The van der Waals surface area contributed by atoms with Gasteiger partial charge in [0.05, 0.1) is 11.3 Å². The van der Waals surface area contributed by atoms with Crippen molar-refractivity contribution < 1.29 is 9.59 Å². The lowest BCUT2D eigenvalue weighted by Crippen LogP contribution is -2.39. The van der Waals surface area contributed by atoms with Crippen molar-refractivity contribution >= 4 is 22.6 Å². The van der Waals surface area contributed by atoms with Gasteiger partial charge < -0.3 is 9.80 Å². The van der Waals surface area contributed by atoms with Gasteiger partial charge in [-0.2, -0.15) is 0 Å². The molecule has 2 aromatic heterocycles. The van der Waals surface area contributed by atoms with E-state index in [1.54, 1.807) is 6.20 Å². The largest absolute Gasteiger partial charge is 0.337 e. The first-order valence-electron chi connectivity index (χ1n) is 11.7. The van der Waals surface area contributed by atoms with E-state index in [-0.39, 0.29) is 17.7 Å². The van der Waals surface area contributed by atoms with Gasteiger partial charge in [0.2, 0.25) is 0 Å². The Hall–Kier alpha value is -3.54. The molecule has 2 aliphatic rings. The summed E-state index contributed by atoms with van der Waals surface area (Å²) in [6.07, 6.45) is 8.40. The lowest BCUT2D eigenvalue weighted by Gasteiger charge is -2.33. The SMILES string of the molecule is Cc1ccc(C(=O)N2CC=CCC2)c(C2CCN(C(=O)c3cc4ccccc4cn3)CC2)n1. The molecule has 4 heterocycles. The minimum absolute atomic E-state index is 0.0344. The van der Waals surface area contributed by atoms with Gasteiger partial charge in [-0.05, 0) is 49.8 Å². The summed E-state index contributed by atoms with van der Waals surface area (Å²) < 4.78 is 0. The molecular weight excluding hydrogens is 412 g/mol. The number of carbonyl (C=O) groups is 2. The third kappa shape index (κ3) is 4.38. The van der Waals surface area contributed by atoms with Crippen molar-refractivity contribution in [2.24, 2.45) is 0 Å². The maximum absolute atomic E-state index is 13.2. The normalized spacial score (nSPS) is 16.9. The van der Waals surface area contributed by atoms with E-state index in [1.165, 1.54) is 0 Å². The molecule has 0 unspecified atom stereocenters. The highest BCUT2D eigenvalue weighted by molar-refractivity contribution is 5.97. The molecule has 168 valence electrons. The molecule has 5 rings (SSSR count). The summed E-state index contributed by atoms with van der Waals surface area (Å²) in [7, 11) is 0. The molecule has 0 radical (unpaired) electrons. The van der Waals surface area contributed by atoms with Crippen LogP contribution in [0.5, 0.6) is 0 Å². The van der Waals surface area contributed by atoms with Crippen LogP contribution in [0.2, 0.25) is 0 Å². The summed E-state index contributed by atoms with van der Waals surface area (Å²) in [6.45, 7) is 4.62. The first-order chi connectivity index (χ1) is 16.1. The lowest BCUT2D eigenvalue weighted by molar-refractivity contribution is 0.0700. The van der Waals surface area contributed by atoms with Crippen LogP contribution >= 0.6 is 0 Å². The summed E-state index contributed by atoms with van der Waals surface area (Å²) in [5.41, 5.74) is 2.98. The maximum atomic E-state index is 13.2. The van der Waals surface area contributed by atoms with Gasteiger partial charge in [-0.3, -0.25) is 19.6 Å². The zero-order chi connectivity index (χ0) is 22.8. The topological polar surface area (TPSA) is 66.4 Å². The van der Waals surface area contributed by atoms with Crippen LogP contribution in [0.4, 0.5) is 0 Å². The fourth-order valence-corrected chi connectivity index (χ4v) is 4.78. The standard InChI is InChI=1S/C27H28N4O2/c1-19-9-10-23(26(32)30-13-5-2-6-14-30)25(29-19)20-11-15-31(16-12-20)27(33)24-17-21-7-3-4-8-22(21)18-28-24/h2-5,7-10,17-18,20H,6,11-16H2,1H3. The van der Waals surface area contributed by atoms with E-state index in [9.17, 15) is 9.59 Å². The fraction of sp³-hybridized carbons (Fsp3) is 0.333. The van der Waals surface area contributed by atoms with Crippen LogP contribution < -0.4 is 0 Å². The number of rotatable bonds is 3. The fourth-order valence-electron chi connectivity index (χ4n) is 4.78. The second kappa shape index (κ2) is 9.14. The van der Waals surface area contributed by atoms with Crippen molar-refractivity contribution in [2.45, 2.75) is 32.1 Å². The van der Waals surface area contributed by atoms with E-state index in [4.69, 9.17) is 4.98 Å². The van der Waals surface area contributed by atoms with Crippen molar-refractivity contribution in [2.75, 3.05) is 26.2 Å². The molecule has 6 nitrogen and oxygen atoms in total. The molecule has 33 heavy (non-hydrogen) atoms. The maximum Gasteiger partial charge on any atom is 0.272 e. The average Bonchev–Trinajstić information content (AvgIpc) is 2.88. The smallest absolute Gasteiger partial charge is 0.272 e. The number of carbonyl (C=O) groups excluding carboxylic acids is 2. The summed E-state index contributed by atoms with van der Waals surface area (Å²) in [4.78, 5) is 39.3. The number of nitrogens with zero attached hydrogens (tertiary/aromatic N) is 4. The predicted molar refractivity (Wildman–Crippen MR) is 128 cm³/mol. The van der Waals surface area contributed by atoms with Gasteiger partial charge in [0.15, 0.2) is 0 Å². The first-order valence-corrected chi connectivity index (χ1v) is 11.7. The Morgan fingerprint density at radius 1 is 0.909 bits per heavy atom.